The highest BCUT2D eigenvalue weighted by atomic mass is 16.5. The lowest BCUT2D eigenvalue weighted by Gasteiger charge is -2.09. The van der Waals surface area contributed by atoms with Crippen molar-refractivity contribution in [3.05, 3.63) is 46.8 Å². The fourth-order valence-electron chi connectivity index (χ4n) is 2.03. The first-order valence-corrected chi connectivity index (χ1v) is 7.41. The van der Waals surface area contributed by atoms with E-state index in [1.807, 2.05) is 31.2 Å². The van der Waals surface area contributed by atoms with Crippen molar-refractivity contribution in [1.29, 1.82) is 0 Å². The zero-order valence-electron chi connectivity index (χ0n) is 12.9. The molecule has 4 nitrogen and oxygen atoms in total. The maximum absolute atomic E-state index is 11.8. The Morgan fingerprint density at radius 1 is 1.14 bits per heavy atom. The molecule has 0 aliphatic rings. The second-order valence-electron chi connectivity index (χ2n) is 5.42. The summed E-state index contributed by atoms with van der Waals surface area (Å²) >= 11 is 0. The van der Waals surface area contributed by atoms with Gasteiger partial charge in [0.05, 0.1) is 12.3 Å². The highest BCUT2D eigenvalue weighted by Crippen LogP contribution is 2.19. The third kappa shape index (κ3) is 4.18. The molecule has 0 radical (unpaired) electrons. The first kappa shape index (κ1) is 15.3. The Bertz CT molecular complexity index is 630. The van der Waals surface area contributed by atoms with E-state index in [4.69, 9.17) is 4.74 Å². The molecule has 0 bridgehead atoms. The van der Waals surface area contributed by atoms with Crippen LogP contribution in [-0.2, 0) is 6.54 Å². The Hall–Kier alpha value is -2.10. The van der Waals surface area contributed by atoms with Crippen LogP contribution in [0.1, 0.15) is 27.2 Å². The standard InChI is InChI=1S/C17H22N2O2/c1-4-21-15-7-5-14(6-8-15)16-9-10-17(20)19(18-16)12-11-13(2)3/h5-10,13H,4,11-12H2,1-3H3. The molecule has 0 spiro atoms. The molecule has 2 aromatic rings. The van der Waals surface area contributed by atoms with Crippen LogP contribution in [0.25, 0.3) is 11.3 Å². The molecule has 0 fully saturated rings. The molecule has 0 atom stereocenters. The number of ether oxygens (including phenoxy) is 1. The van der Waals surface area contributed by atoms with Crippen molar-refractivity contribution in [3.63, 3.8) is 0 Å². The monoisotopic (exact) mass is 286 g/mol. The second-order valence-corrected chi connectivity index (χ2v) is 5.42. The summed E-state index contributed by atoms with van der Waals surface area (Å²) < 4.78 is 6.98. The molecule has 0 amide bonds. The highest BCUT2D eigenvalue weighted by Gasteiger charge is 2.05. The minimum Gasteiger partial charge on any atom is -0.494 e. The van der Waals surface area contributed by atoms with Gasteiger partial charge in [0.1, 0.15) is 5.75 Å². The van der Waals surface area contributed by atoms with E-state index in [0.29, 0.717) is 19.1 Å². The van der Waals surface area contributed by atoms with Gasteiger partial charge >= 0.3 is 0 Å². The molecular formula is C17H22N2O2. The summed E-state index contributed by atoms with van der Waals surface area (Å²) in [5, 5.41) is 4.45. The van der Waals surface area contributed by atoms with E-state index in [1.165, 1.54) is 0 Å². The maximum Gasteiger partial charge on any atom is 0.266 e. The van der Waals surface area contributed by atoms with Gasteiger partial charge < -0.3 is 4.74 Å². The van der Waals surface area contributed by atoms with Crippen molar-refractivity contribution in [2.75, 3.05) is 6.61 Å². The Labute approximate surface area is 125 Å². The first-order valence-electron chi connectivity index (χ1n) is 7.41. The van der Waals surface area contributed by atoms with Crippen LogP contribution in [-0.4, -0.2) is 16.4 Å². The van der Waals surface area contributed by atoms with E-state index in [0.717, 1.165) is 23.4 Å². The average molecular weight is 286 g/mol. The molecule has 0 saturated heterocycles. The summed E-state index contributed by atoms with van der Waals surface area (Å²) in [6, 6.07) is 11.1. The van der Waals surface area contributed by atoms with Gasteiger partial charge in [-0.15, -0.1) is 0 Å². The van der Waals surface area contributed by atoms with Crippen LogP contribution < -0.4 is 10.3 Å². The Balaban J connectivity index is 2.23. The number of aryl methyl sites for hydroxylation is 1. The van der Waals surface area contributed by atoms with Crippen LogP contribution in [0.2, 0.25) is 0 Å². The van der Waals surface area contributed by atoms with Gasteiger partial charge in [0.15, 0.2) is 0 Å². The average Bonchev–Trinajstić information content (AvgIpc) is 2.47. The summed E-state index contributed by atoms with van der Waals surface area (Å²) in [6.07, 6.45) is 0.944. The van der Waals surface area contributed by atoms with E-state index in [2.05, 4.69) is 18.9 Å². The van der Waals surface area contributed by atoms with Gasteiger partial charge in [-0.2, -0.15) is 5.10 Å². The van der Waals surface area contributed by atoms with Crippen molar-refractivity contribution in [2.45, 2.75) is 33.7 Å². The van der Waals surface area contributed by atoms with Gasteiger partial charge in [0.25, 0.3) is 5.56 Å². The summed E-state index contributed by atoms with van der Waals surface area (Å²) in [5.41, 5.74) is 1.74. The van der Waals surface area contributed by atoms with E-state index in [9.17, 15) is 4.79 Å². The largest absolute Gasteiger partial charge is 0.494 e. The van der Waals surface area contributed by atoms with Crippen LogP contribution >= 0.6 is 0 Å². The van der Waals surface area contributed by atoms with Crippen LogP contribution in [0, 0.1) is 5.92 Å². The van der Waals surface area contributed by atoms with Crippen LogP contribution in [0.4, 0.5) is 0 Å². The predicted molar refractivity (Wildman–Crippen MR) is 84.6 cm³/mol. The molecule has 1 aromatic carbocycles. The fourth-order valence-corrected chi connectivity index (χ4v) is 2.03. The Morgan fingerprint density at radius 2 is 1.86 bits per heavy atom. The number of aromatic nitrogens is 2. The Kier molecular flexibility index (Phi) is 5.14. The molecule has 112 valence electrons. The summed E-state index contributed by atoms with van der Waals surface area (Å²) in [5.74, 6) is 1.39. The number of hydrogen-bond acceptors (Lipinski definition) is 3. The van der Waals surface area contributed by atoms with Crippen molar-refractivity contribution in [2.24, 2.45) is 5.92 Å². The fraction of sp³-hybridized carbons (Fsp3) is 0.412. The molecule has 2 rings (SSSR count). The van der Waals surface area contributed by atoms with E-state index >= 15 is 0 Å². The summed E-state index contributed by atoms with van der Waals surface area (Å²) in [7, 11) is 0. The number of benzene rings is 1. The molecule has 0 aliphatic heterocycles. The zero-order chi connectivity index (χ0) is 15.2. The SMILES string of the molecule is CCOc1ccc(-c2ccc(=O)n(CCC(C)C)n2)cc1. The van der Waals surface area contributed by atoms with Crippen molar-refractivity contribution < 1.29 is 4.74 Å². The molecule has 1 heterocycles. The molecule has 0 saturated carbocycles. The summed E-state index contributed by atoms with van der Waals surface area (Å²) in [4.78, 5) is 11.8. The van der Waals surface area contributed by atoms with Crippen LogP contribution in [0.5, 0.6) is 5.75 Å². The predicted octanol–water partition coefficient (Wildman–Crippen LogP) is 3.36. The van der Waals surface area contributed by atoms with Gasteiger partial charge in [0.2, 0.25) is 0 Å². The van der Waals surface area contributed by atoms with Crippen LogP contribution in [0.3, 0.4) is 0 Å². The molecule has 0 N–H and O–H groups in total. The van der Waals surface area contributed by atoms with Gasteiger partial charge in [-0.1, -0.05) is 13.8 Å². The normalized spacial score (nSPS) is 10.9. The van der Waals surface area contributed by atoms with E-state index < -0.39 is 0 Å². The molecule has 4 heteroatoms. The smallest absolute Gasteiger partial charge is 0.266 e. The van der Waals surface area contributed by atoms with E-state index in [1.54, 1.807) is 16.8 Å². The molecule has 0 unspecified atom stereocenters. The maximum atomic E-state index is 11.8. The molecule has 21 heavy (non-hydrogen) atoms. The number of nitrogens with zero attached hydrogens (tertiary/aromatic N) is 2. The minimum atomic E-state index is -0.0506. The minimum absolute atomic E-state index is 0.0506. The number of rotatable bonds is 6. The van der Waals surface area contributed by atoms with Gasteiger partial charge in [0, 0.05) is 18.2 Å². The molecule has 0 aliphatic carbocycles. The summed E-state index contributed by atoms with van der Waals surface area (Å²) in [6.45, 7) is 7.54. The lowest BCUT2D eigenvalue weighted by molar-refractivity contribution is 0.340. The van der Waals surface area contributed by atoms with Crippen molar-refractivity contribution in [3.8, 4) is 17.0 Å². The lowest BCUT2D eigenvalue weighted by Crippen LogP contribution is -2.23. The zero-order valence-corrected chi connectivity index (χ0v) is 12.9. The lowest BCUT2D eigenvalue weighted by atomic mass is 10.1. The second kappa shape index (κ2) is 7.07. The first-order chi connectivity index (χ1) is 10.1. The number of hydrogen-bond donors (Lipinski definition) is 0. The van der Waals surface area contributed by atoms with Gasteiger partial charge in [-0.3, -0.25) is 4.79 Å². The third-order valence-corrected chi connectivity index (χ3v) is 3.25. The highest BCUT2D eigenvalue weighted by molar-refractivity contribution is 5.59. The van der Waals surface area contributed by atoms with Gasteiger partial charge in [-0.05, 0) is 49.6 Å². The Morgan fingerprint density at radius 3 is 2.48 bits per heavy atom. The van der Waals surface area contributed by atoms with Gasteiger partial charge in [-0.25, -0.2) is 4.68 Å². The van der Waals surface area contributed by atoms with Crippen molar-refractivity contribution in [1.82, 2.24) is 9.78 Å². The quantitative estimate of drug-likeness (QED) is 0.818. The van der Waals surface area contributed by atoms with E-state index in [-0.39, 0.29) is 5.56 Å². The molecular weight excluding hydrogens is 264 g/mol. The van der Waals surface area contributed by atoms with Crippen LogP contribution in [0.15, 0.2) is 41.2 Å². The molecule has 1 aromatic heterocycles. The third-order valence-electron chi connectivity index (χ3n) is 3.25. The van der Waals surface area contributed by atoms with Crippen molar-refractivity contribution >= 4 is 0 Å². The topological polar surface area (TPSA) is 44.1 Å².